The topological polar surface area (TPSA) is 38.2 Å². The summed E-state index contributed by atoms with van der Waals surface area (Å²) in [5.41, 5.74) is 3.66. The molecular weight excluding hydrogens is 274 g/mol. The van der Waals surface area contributed by atoms with Gasteiger partial charge in [0, 0.05) is 43.2 Å². The molecule has 1 aromatic heterocycles. The number of ether oxygens (including phenoxy) is 1. The molecule has 0 spiro atoms. The summed E-state index contributed by atoms with van der Waals surface area (Å²) in [5, 5.41) is 0. The number of likely N-dealkylation sites (tertiary alicyclic amines) is 1. The lowest BCUT2D eigenvalue weighted by Crippen LogP contribution is -2.34. The third kappa shape index (κ3) is 3.45. The molecule has 2 aromatic rings. The summed E-state index contributed by atoms with van der Waals surface area (Å²) in [7, 11) is 1.74. The lowest BCUT2D eigenvalue weighted by atomic mass is 9.94. The van der Waals surface area contributed by atoms with Gasteiger partial charge in [0.2, 0.25) is 0 Å². The van der Waals surface area contributed by atoms with Gasteiger partial charge in [-0.1, -0.05) is 17.7 Å². The molecule has 1 saturated heterocycles. The van der Waals surface area contributed by atoms with Gasteiger partial charge in [0.05, 0.1) is 12.8 Å². The fraction of sp³-hybridized carbons (Fsp3) is 0.444. The Hall–Kier alpha value is -1.94. The molecule has 1 aromatic carbocycles. The molecule has 1 aliphatic rings. The van der Waals surface area contributed by atoms with Gasteiger partial charge in [-0.25, -0.2) is 0 Å². The van der Waals surface area contributed by atoms with E-state index in [1.807, 2.05) is 6.20 Å². The summed E-state index contributed by atoms with van der Waals surface area (Å²) in [5.74, 6) is 1.46. The molecule has 0 bridgehead atoms. The van der Waals surface area contributed by atoms with E-state index in [2.05, 4.69) is 40.0 Å². The Labute approximate surface area is 132 Å². The third-order valence-corrected chi connectivity index (χ3v) is 4.34. The largest absolute Gasteiger partial charge is 0.496 e. The maximum atomic E-state index is 5.50. The van der Waals surface area contributed by atoms with E-state index in [4.69, 9.17) is 4.74 Å². The first-order valence-corrected chi connectivity index (χ1v) is 7.88. The van der Waals surface area contributed by atoms with Crippen LogP contribution in [0.5, 0.6) is 5.75 Å². The molecule has 0 N–H and O–H groups in total. The third-order valence-electron chi connectivity index (χ3n) is 4.34. The highest BCUT2D eigenvalue weighted by molar-refractivity contribution is 5.36. The molecule has 3 rings (SSSR count). The fourth-order valence-corrected chi connectivity index (χ4v) is 3.23. The van der Waals surface area contributed by atoms with Crippen LogP contribution in [0.4, 0.5) is 0 Å². The average Bonchev–Trinajstić information content (AvgIpc) is 2.56. The molecule has 1 atom stereocenters. The SMILES string of the molecule is COc1ccc(C)cc1CN1CCCC(c2cnccn2)C1. The number of hydrogen-bond donors (Lipinski definition) is 0. The molecule has 4 heteroatoms. The quantitative estimate of drug-likeness (QED) is 0.869. The molecule has 0 saturated carbocycles. The van der Waals surface area contributed by atoms with E-state index in [0.717, 1.165) is 31.1 Å². The van der Waals surface area contributed by atoms with Gasteiger partial charge >= 0.3 is 0 Å². The van der Waals surface area contributed by atoms with Crippen molar-refractivity contribution >= 4 is 0 Å². The first-order chi connectivity index (χ1) is 10.8. The van der Waals surface area contributed by atoms with Crippen LogP contribution in [0, 0.1) is 6.92 Å². The van der Waals surface area contributed by atoms with Gasteiger partial charge in [-0.3, -0.25) is 14.9 Å². The highest BCUT2D eigenvalue weighted by atomic mass is 16.5. The van der Waals surface area contributed by atoms with Crippen molar-refractivity contribution in [2.75, 3.05) is 20.2 Å². The Kier molecular flexibility index (Phi) is 4.68. The van der Waals surface area contributed by atoms with E-state index < -0.39 is 0 Å². The van der Waals surface area contributed by atoms with Gasteiger partial charge in [-0.2, -0.15) is 0 Å². The number of aryl methyl sites for hydroxylation is 1. The van der Waals surface area contributed by atoms with Crippen LogP contribution in [0.3, 0.4) is 0 Å². The van der Waals surface area contributed by atoms with Crippen molar-refractivity contribution in [2.24, 2.45) is 0 Å². The molecule has 1 fully saturated rings. The zero-order valence-corrected chi connectivity index (χ0v) is 13.3. The molecule has 22 heavy (non-hydrogen) atoms. The predicted octanol–water partition coefficient (Wildman–Crippen LogP) is 3.17. The average molecular weight is 297 g/mol. The van der Waals surface area contributed by atoms with Crippen molar-refractivity contribution in [3.8, 4) is 5.75 Å². The van der Waals surface area contributed by atoms with Crippen molar-refractivity contribution in [3.63, 3.8) is 0 Å². The molecule has 0 amide bonds. The number of hydrogen-bond acceptors (Lipinski definition) is 4. The summed E-state index contributed by atoms with van der Waals surface area (Å²) in [6.45, 7) is 5.23. The van der Waals surface area contributed by atoms with Gasteiger partial charge < -0.3 is 4.74 Å². The van der Waals surface area contributed by atoms with Gasteiger partial charge in [0.25, 0.3) is 0 Å². The molecule has 0 aliphatic carbocycles. The minimum Gasteiger partial charge on any atom is -0.496 e. The van der Waals surface area contributed by atoms with Crippen molar-refractivity contribution in [2.45, 2.75) is 32.2 Å². The van der Waals surface area contributed by atoms with E-state index >= 15 is 0 Å². The van der Waals surface area contributed by atoms with Crippen molar-refractivity contribution in [1.82, 2.24) is 14.9 Å². The summed E-state index contributed by atoms with van der Waals surface area (Å²) in [6, 6.07) is 6.39. The Morgan fingerprint density at radius 3 is 3.00 bits per heavy atom. The number of aromatic nitrogens is 2. The number of piperidine rings is 1. The monoisotopic (exact) mass is 297 g/mol. The summed E-state index contributed by atoms with van der Waals surface area (Å²) in [6.07, 6.45) is 7.83. The second-order valence-corrected chi connectivity index (χ2v) is 6.02. The second-order valence-electron chi connectivity index (χ2n) is 6.02. The van der Waals surface area contributed by atoms with Crippen LogP contribution in [0.2, 0.25) is 0 Å². The molecule has 1 aliphatic heterocycles. The second kappa shape index (κ2) is 6.88. The smallest absolute Gasteiger partial charge is 0.123 e. The van der Waals surface area contributed by atoms with Gasteiger partial charge in [-0.05, 0) is 32.4 Å². The first kappa shape index (κ1) is 15.0. The molecule has 2 heterocycles. The standard InChI is InChI=1S/C18H23N3O/c1-14-5-6-18(22-2)16(10-14)13-21-9-3-4-15(12-21)17-11-19-7-8-20-17/h5-8,10-11,15H,3-4,9,12-13H2,1-2H3. The van der Waals surface area contributed by atoms with Gasteiger partial charge in [0.15, 0.2) is 0 Å². The number of benzene rings is 1. The van der Waals surface area contributed by atoms with E-state index in [0.29, 0.717) is 5.92 Å². The summed E-state index contributed by atoms with van der Waals surface area (Å²) < 4.78 is 5.50. The van der Waals surface area contributed by atoms with Crippen LogP contribution < -0.4 is 4.74 Å². The predicted molar refractivity (Wildman–Crippen MR) is 87.0 cm³/mol. The molecule has 4 nitrogen and oxygen atoms in total. The Morgan fingerprint density at radius 1 is 1.32 bits per heavy atom. The highest BCUT2D eigenvalue weighted by Gasteiger charge is 2.23. The van der Waals surface area contributed by atoms with E-state index in [9.17, 15) is 0 Å². The number of rotatable bonds is 4. The minimum atomic E-state index is 0.484. The van der Waals surface area contributed by atoms with Crippen LogP contribution in [0.15, 0.2) is 36.8 Å². The maximum absolute atomic E-state index is 5.50. The van der Waals surface area contributed by atoms with Crippen molar-refractivity contribution in [1.29, 1.82) is 0 Å². The maximum Gasteiger partial charge on any atom is 0.123 e. The first-order valence-electron chi connectivity index (χ1n) is 7.88. The molecule has 1 unspecified atom stereocenters. The number of nitrogens with zero attached hydrogens (tertiary/aromatic N) is 3. The Balaban J connectivity index is 1.72. The Morgan fingerprint density at radius 2 is 2.23 bits per heavy atom. The van der Waals surface area contributed by atoms with Gasteiger partial charge in [-0.15, -0.1) is 0 Å². The van der Waals surface area contributed by atoms with Crippen LogP contribution in [0.25, 0.3) is 0 Å². The highest BCUT2D eigenvalue weighted by Crippen LogP contribution is 2.28. The van der Waals surface area contributed by atoms with Crippen molar-refractivity contribution < 1.29 is 4.74 Å². The van der Waals surface area contributed by atoms with Gasteiger partial charge in [0.1, 0.15) is 5.75 Å². The lowest BCUT2D eigenvalue weighted by Gasteiger charge is -2.32. The molecular formula is C18H23N3O. The van der Waals surface area contributed by atoms with Crippen LogP contribution in [-0.2, 0) is 6.54 Å². The van der Waals surface area contributed by atoms with Crippen LogP contribution in [0.1, 0.15) is 35.6 Å². The minimum absolute atomic E-state index is 0.484. The van der Waals surface area contributed by atoms with E-state index in [-0.39, 0.29) is 0 Å². The normalized spacial score (nSPS) is 19.1. The zero-order valence-electron chi connectivity index (χ0n) is 13.3. The summed E-state index contributed by atoms with van der Waals surface area (Å²) >= 11 is 0. The fourth-order valence-electron chi connectivity index (χ4n) is 3.23. The van der Waals surface area contributed by atoms with Crippen LogP contribution >= 0.6 is 0 Å². The van der Waals surface area contributed by atoms with E-state index in [1.54, 1.807) is 19.5 Å². The zero-order chi connectivity index (χ0) is 15.4. The number of methoxy groups -OCH3 is 1. The molecule has 116 valence electrons. The summed E-state index contributed by atoms with van der Waals surface area (Å²) in [4.78, 5) is 11.2. The van der Waals surface area contributed by atoms with Crippen molar-refractivity contribution in [3.05, 3.63) is 53.6 Å². The lowest BCUT2D eigenvalue weighted by molar-refractivity contribution is 0.196. The van der Waals surface area contributed by atoms with Crippen LogP contribution in [-0.4, -0.2) is 35.1 Å². The Bertz CT molecular complexity index is 615. The molecule has 0 radical (unpaired) electrons. The van der Waals surface area contributed by atoms with E-state index in [1.165, 1.54) is 24.0 Å².